The molecular weight excluding hydrogens is 366 g/mol. The molecule has 2 heterocycles. The van der Waals surface area contributed by atoms with Crippen LogP contribution in [0.25, 0.3) is 10.2 Å². The van der Waals surface area contributed by atoms with Gasteiger partial charge in [0.05, 0.1) is 35.9 Å². The Kier molecular flexibility index (Phi) is 6.63. The highest BCUT2D eigenvalue weighted by Crippen LogP contribution is 2.29. The second-order valence-electron chi connectivity index (χ2n) is 6.43. The summed E-state index contributed by atoms with van der Waals surface area (Å²) in [6, 6.07) is 5.71. The van der Waals surface area contributed by atoms with Crippen molar-refractivity contribution in [1.82, 2.24) is 9.88 Å². The van der Waals surface area contributed by atoms with E-state index in [4.69, 9.17) is 9.47 Å². The van der Waals surface area contributed by atoms with E-state index in [1.54, 1.807) is 0 Å². The molecule has 0 radical (unpaired) electrons. The highest BCUT2D eigenvalue weighted by Gasteiger charge is 2.26. The number of carbonyl (C=O) groups excluding carboxylic acids is 2. The lowest BCUT2D eigenvalue weighted by atomic mass is 9.97. The van der Waals surface area contributed by atoms with E-state index >= 15 is 0 Å². The molecule has 0 bridgehead atoms. The largest absolute Gasteiger partial charge is 0.494 e. The van der Waals surface area contributed by atoms with Crippen LogP contribution in [0.2, 0.25) is 0 Å². The summed E-state index contributed by atoms with van der Waals surface area (Å²) in [6.07, 6.45) is 1.46. The van der Waals surface area contributed by atoms with Gasteiger partial charge in [-0.15, -0.1) is 0 Å². The molecule has 0 saturated carbocycles. The minimum atomic E-state index is -0.123. The molecule has 1 aromatic heterocycles. The average Bonchev–Trinajstić information content (AvgIpc) is 3.04. The lowest BCUT2D eigenvalue weighted by Crippen LogP contribution is -2.41. The van der Waals surface area contributed by atoms with Crippen molar-refractivity contribution in [3.63, 3.8) is 0 Å². The number of anilines is 1. The zero-order chi connectivity index (χ0) is 19.2. The van der Waals surface area contributed by atoms with Crippen LogP contribution in [0.4, 0.5) is 5.13 Å². The van der Waals surface area contributed by atoms with Gasteiger partial charge in [0.1, 0.15) is 5.75 Å². The summed E-state index contributed by atoms with van der Waals surface area (Å²) in [5, 5.41) is 3.47. The number of fused-ring (bicyclic) bond motifs is 1. The normalized spacial score (nSPS) is 15.6. The van der Waals surface area contributed by atoms with Crippen molar-refractivity contribution in [2.24, 2.45) is 5.92 Å². The number of amides is 1. The number of likely N-dealkylation sites (tertiary alicyclic amines) is 1. The summed E-state index contributed by atoms with van der Waals surface area (Å²) >= 11 is 1.43. The van der Waals surface area contributed by atoms with Gasteiger partial charge >= 0.3 is 5.97 Å². The van der Waals surface area contributed by atoms with Gasteiger partial charge in [-0.25, -0.2) is 4.98 Å². The van der Waals surface area contributed by atoms with Crippen LogP contribution < -0.4 is 10.1 Å². The highest BCUT2D eigenvalue weighted by atomic mass is 32.1. The summed E-state index contributed by atoms with van der Waals surface area (Å²) in [7, 11) is 0. The Morgan fingerprint density at radius 1 is 1.26 bits per heavy atom. The van der Waals surface area contributed by atoms with Crippen molar-refractivity contribution in [3.8, 4) is 5.75 Å². The Balaban J connectivity index is 1.51. The Bertz CT molecular complexity index is 799. The maximum atomic E-state index is 12.3. The number of thiazole rings is 1. The molecule has 0 unspecified atom stereocenters. The molecular formula is C19H25N3O4S. The second-order valence-corrected chi connectivity index (χ2v) is 7.46. The third kappa shape index (κ3) is 5.17. The summed E-state index contributed by atoms with van der Waals surface area (Å²) in [4.78, 5) is 30.6. The van der Waals surface area contributed by atoms with Crippen LogP contribution in [0, 0.1) is 5.92 Å². The number of hydrogen-bond donors (Lipinski definition) is 1. The molecule has 1 saturated heterocycles. The fourth-order valence-corrected chi connectivity index (χ4v) is 4.07. The number of piperidine rings is 1. The van der Waals surface area contributed by atoms with Crippen LogP contribution in [0.15, 0.2) is 18.2 Å². The van der Waals surface area contributed by atoms with Gasteiger partial charge in [-0.05, 0) is 58.0 Å². The van der Waals surface area contributed by atoms with E-state index < -0.39 is 0 Å². The topological polar surface area (TPSA) is 80.8 Å². The first kappa shape index (κ1) is 19.6. The van der Waals surface area contributed by atoms with Crippen LogP contribution >= 0.6 is 11.3 Å². The zero-order valence-corrected chi connectivity index (χ0v) is 16.5. The van der Waals surface area contributed by atoms with E-state index in [0.717, 1.165) is 28.8 Å². The Labute approximate surface area is 162 Å². The molecule has 7 nitrogen and oxygen atoms in total. The van der Waals surface area contributed by atoms with E-state index in [1.807, 2.05) is 32.0 Å². The van der Waals surface area contributed by atoms with E-state index in [1.165, 1.54) is 11.3 Å². The number of aromatic nitrogens is 1. The fraction of sp³-hybridized carbons (Fsp3) is 0.526. The number of hydrogen-bond acceptors (Lipinski definition) is 7. The third-order valence-electron chi connectivity index (χ3n) is 4.49. The molecule has 2 aromatic rings. The fourth-order valence-electron chi connectivity index (χ4n) is 3.16. The monoisotopic (exact) mass is 391 g/mol. The SMILES string of the molecule is CCOC(=O)C1CCN(CC(=O)Nc2nc3ccc(OCC)cc3s2)CC1. The number of ether oxygens (including phenoxy) is 2. The number of nitrogens with zero attached hydrogens (tertiary/aromatic N) is 2. The highest BCUT2D eigenvalue weighted by molar-refractivity contribution is 7.22. The first-order valence-corrected chi connectivity index (χ1v) is 10.1. The van der Waals surface area contributed by atoms with Crippen molar-refractivity contribution < 1.29 is 19.1 Å². The quantitative estimate of drug-likeness (QED) is 0.731. The van der Waals surface area contributed by atoms with Crippen LogP contribution in [0.3, 0.4) is 0 Å². The van der Waals surface area contributed by atoms with E-state index in [0.29, 0.717) is 38.0 Å². The van der Waals surface area contributed by atoms with Crippen LogP contribution in [-0.4, -0.2) is 54.6 Å². The van der Waals surface area contributed by atoms with Crippen molar-refractivity contribution in [2.75, 3.05) is 38.2 Å². The third-order valence-corrected chi connectivity index (χ3v) is 5.43. The maximum Gasteiger partial charge on any atom is 0.309 e. The molecule has 3 rings (SSSR count). The van der Waals surface area contributed by atoms with Gasteiger partial charge in [0.2, 0.25) is 5.91 Å². The lowest BCUT2D eigenvalue weighted by molar-refractivity contribution is -0.149. The number of rotatable bonds is 7. The predicted octanol–water partition coefficient (Wildman–Crippen LogP) is 2.91. The average molecular weight is 391 g/mol. The molecule has 1 fully saturated rings. The standard InChI is InChI=1S/C19H25N3O4S/c1-3-25-14-5-6-15-16(11-14)27-19(20-15)21-17(23)12-22-9-7-13(8-10-22)18(24)26-4-2/h5-6,11,13H,3-4,7-10,12H2,1-2H3,(H,20,21,23). The molecule has 1 amide bonds. The van der Waals surface area contributed by atoms with Gasteiger partial charge in [-0.1, -0.05) is 11.3 Å². The molecule has 0 spiro atoms. The zero-order valence-electron chi connectivity index (χ0n) is 15.7. The van der Waals surface area contributed by atoms with Crippen LogP contribution in [0.5, 0.6) is 5.75 Å². The molecule has 8 heteroatoms. The van der Waals surface area contributed by atoms with Crippen molar-refractivity contribution in [2.45, 2.75) is 26.7 Å². The molecule has 27 heavy (non-hydrogen) atoms. The number of esters is 1. The maximum absolute atomic E-state index is 12.3. The first-order valence-electron chi connectivity index (χ1n) is 9.31. The van der Waals surface area contributed by atoms with E-state index in [-0.39, 0.29) is 17.8 Å². The first-order chi connectivity index (χ1) is 13.1. The molecule has 0 atom stereocenters. The van der Waals surface area contributed by atoms with Crippen molar-refractivity contribution >= 4 is 38.6 Å². The number of nitrogens with one attached hydrogen (secondary N) is 1. The molecule has 1 aliphatic heterocycles. The van der Waals surface area contributed by atoms with Crippen LogP contribution in [-0.2, 0) is 14.3 Å². The predicted molar refractivity (Wildman–Crippen MR) is 105 cm³/mol. The van der Waals surface area contributed by atoms with Gasteiger partial charge in [0.25, 0.3) is 0 Å². The summed E-state index contributed by atoms with van der Waals surface area (Å²) in [5.74, 6) is 0.542. The Morgan fingerprint density at radius 2 is 2.04 bits per heavy atom. The minimum Gasteiger partial charge on any atom is -0.494 e. The van der Waals surface area contributed by atoms with Gasteiger partial charge in [-0.3, -0.25) is 14.5 Å². The molecule has 1 aliphatic rings. The molecule has 146 valence electrons. The van der Waals surface area contributed by atoms with E-state index in [2.05, 4.69) is 15.2 Å². The van der Waals surface area contributed by atoms with Crippen LogP contribution in [0.1, 0.15) is 26.7 Å². The van der Waals surface area contributed by atoms with Gasteiger partial charge in [0.15, 0.2) is 5.13 Å². The Morgan fingerprint density at radius 3 is 2.74 bits per heavy atom. The molecule has 1 aromatic carbocycles. The summed E-state index contributed by atoms with van der Waals surface area (Å²) in [5.41, 5.74) is 0.842. The molecule has 1 N–H and O–H groups in total. The van der Waals surface area contributed by atoms with Crippen molar-refractivity contribution in [1.29, 1.82) is 0 Å². The number of benzene rings is 1. The summed E-state index contributed by atoms with van der Waals surface area (Å²) < 4.78 is 11.6. The van der Waals surface area contributed by atoms with Crippen molar-refractivity contribution in [3.05, 3.63) is 18.2 Å². The lowest BCUT2D eigenvalue weighted by Gasteiger charge is -2.30. The van der Waals surface area contributed by atoms with Gasteiger partial charge < -0.3 is 14.8 Å². The Hall–Kier alpha value is -2.19. The second kappa shape index (κ2) is 9.14. The van der Waals surface area contributed by atoms with E-state index in [9.17, 15) is 9.59 Å². The summed E-state index contributed by atoms with van der Waals surface area (Å²) in [6.45, 7) is 6.52. The van der Waals surface area contributed by atoms with Gasteiger partial charge in [0, 0.05) is 0 Å². The smallest absolute Gasteiger partial charge is 0.309 e. The van der Waals surface area contributed by atoms with Gasteiger partial charge in [-0.2, -0.15) is 0 Å². The minimum absolute atomic E-state index is 0.0481. The molecule has 0 aliphatic carbocycles. The number of carbonyl (C=O) groups is 2.